The normalized spacial score (nSPS) is 12.1. The molecule has 200 valence electrons. The van der Waals surface area contributed by atoms with Crippen molar-refractivity contribution in [2.45, 2.75) is 59.3 Å². The Balaban J connectivity index is 1.59. The SMILES string of the molecule is CCOC(=O)CC(=O)Nc1cc(C)c(Oc2ccc(O)c(CC)c2OCCc2ccccc2)c2c1CCC2. The summed E-state index contributed by atoms with van der Waals surface area (Å²) < 4.78 is 17.6. The minimum absolute atomic E-state index is 0.177. The molecule has 1 amide bonds. The van der Waals surface area contributed by atoms with Crippen molar-refractivity contribution in [3.05, 3.63) is 76.3 Å². The number of ether oxygens (including phenoxy) is 3. The highest BCUT2D eigenvalue weighted by Gasteiger charge is 2.25. The average Bonchev–Trinajstić information content (AvgIpc) is 3.38. The van der Waals surface area contributed by atoms with E-state index in [4.69, 9.17) is 14.2 Å². The number of amides is 1. The van der Waals surface area contributed by atoms with Crippen LogP contribution in [-0.2, 0) is 40.0 Å². The molecule has 0 fully saturated rings. The molecule has 7 nitrogen and oxygen atoms in total. The molecule has 4 rings (SSSR count). The number of esters is 1. The Morgan fingerprint density at radius 2 is 1.76 bits per heavy atom. The fraction of sp³-hybridized carbons (Fsp3) is 0.355. The van der Waals surface area contributed by atoms with Crippen molar-refractivity contribution in [3.8, 4) is 23.0 Å². The second kappa shape index (κ2) is 12.5. The van der Waals surface area contributed by atoms with Crippen LogP contribution in [0.1, 0.15) is 54.5 Å². The van der Waals surface area contributed by atoms with Crippen LogP contribution in [0.5, 0.6) is 23.0 Å². The van der Waals surface area contributed by atoms with Gasteiger partial charge in [0.25, 0.3) is 0 Å². The zero-order valence-corrected chi connectivity index (χ0v) is 22.3. The third-order valence-electron chi connectivity index (χ3n) is 6.67. The molecule has 0 radical (unpaired) electrons. The van der Waals surface area contributed by atoms with Crippen LogP contribution < -0.4 is 14.8 Å². The van der Waals surface area contributed by atoms with Crippen molar-refractivity contribution in [3.63, 3.8) is 0 Å². The first-order valence-electron chi connectivity index (χ1n) is 13.2. The van der Waals surface area contributed by atoms with Crippen LogP contribution in [0.25, 0.3) is 0 Å². The first-order chi connectivity index (χ1) is 18.4. The molecular weight excluding hydrogens is 482 g/mol. The van der Waals surface area contributed by atoms with Gasteiger partial charge in [0, 0.05) is 23.2 Å². The average molecular weight is 518 g/mol. The van der Waals surface area contributed by atoms with E-state index in [1.54, 1.807) is 19.1 Å². The van der Waals surface area contributed by atoms with Crippen LogP contribution in [0.2, 0.25) is 0 Å². The van der Waals surface area contributed by atoms with Gasteiger partial charge in [0.2, 0.25) is 5.91 Å². The quantitative estimate of drug-likeness (QED) is 0.237. The van der Waals surface area contributed by atoms with Gasteiger partial charge in [0.1, 0.15) is 17.9 Å². The first kappa shape index (κ1) is 27.0. The number of anilines is 1. The molecule has 0 bridgehead atoms. The zero-order chi connectivity index (χ0) is 27.1. The van der Waals surface area contributed by atoms with E-state index in [1.807, 2.05) is 38.1 Å². The van der Waals surface area contributed by atoms with E-state index in [1.165, 1.54) is 5.56 Å². The summed E-state index contributed by atoms with van der Waals surface area (Å²) in [6, 6.07) is 15.4. The standard InChI is InChI=1S/C31H35NO6/c1-4-22-26(33)14-15-27(31(22)37-17-16-21-10-7-6-8-11-21)38-30-20(3)18-25(23-12-9-13-24(23)30)32-28(34)19-29(35)36-5-2/h6-8,10-11,14-15,18,33H,4-5,9,12-13,16-17,19H2,1-3H3,(H,32,34). The number of rotatable bonds is 11. The van der Waals surface area contributed by atoms with Gasteiger partial charge < -0.3 is 24.6 Å². The summed E-state index contributed by atoms with van der Waals surface area (Å²) in [5.41, 5.74) is 5.49. The van der Waals surface area contributed by atoms with E-state index < -0.39 is 11.9 Å². The van der Waals surface area contributed by atoms with Crippen LogP contribution in [0.4, 0.5) is 5.69 Å². The summed E-state index contributed by atoms with van der Waals surface area (Å²) in [7, 11) is 0. The minimum Gasteiger partial charge on any atom is -0.508 e. The van der Waals surface area contributed by atoms with E-state index >= 15 is 0 Å². The van der Waals surface area contributed by atoms with Crippen LogP contribution in [-0.4, -0.2) is 30.2 Å². The summed E-state index contributed by atoms with van der Waals surface area (Å²) in [5.74, 6) is 1.06. The molecule has 0 heterocycles. The predicted octanol–water partition coefficient (Wildman–Crippen LogP) is 6.06. The number of hydrogen-bond acceptors (Lipinski definition) is 6. The van der Waals surface area contributed by atoms with Gasteiger partial charge in [-0.3, -0.25) is 9.59 Å². The second-order valence-electron chi connectivity index (χ2n) is 9.34. The molecule has 0 saturated heterocycles. The topological polar surface area (TPSA) is 94.1 Å². The zero-order valence-electron chi connectivity index (χ0n) is 22.3. The van der Waals surface area contributed by atoms with E-state index in [0.29, 0.717) is 35.8 Å². The van der Waals surface area contributed by atoms with Gasteiger partial charge in [-0.05, 0) is 74.4 Å². The minimum atomic E-state index is -0.544. The molecule has 1 aliphatic rings. The second-order valence-corrected chi connectivity index (χ2v) is 9.34. The number of carbonyl (C=O) groups excluding carboxylic acids is 2. The highest BCUT2D eigenvalue weighted by molar-refractivity contribution is 6.02. The Bertz CT molecular complexity index is 1300. The van der Waals surface area contributed by atoms with Gasteiger partial charge in [-0.15, -0.1) is 0 Å². The molecular formula is C31H35NO6. The van der Waals surface area contributed by atoms with Gasteiger partial charge in [-0.2, -0.15) is 0 Å². The number of aryl methyl sites for hydroxylation is 1. The van der Waals surface area contributed by atoms with Crippen LogP contribution in [0, 0.1) is 6.92 Å². The third-order valence-corrected chi connectivity index (χ3v) is 6.67. The summed E-state index contributed by atoms with van der Waals surface area (Å²) in [5, 5.41) is 13.4. The van der Waals surface area contributed by atoms with Crippen molar-refractivity contribution >= 4 is 17.6 Å². The number of phenolic OH excluding ortho intramolecular Hbond substituents is 1. The lowest BCUT2D eigenvalue weighted by atomic mass is 10.0. The summed E-state index contributed by atoms with van der Waals surface area (Å²) in [6.07, 6.45) is 3.55. The van der Waals surface area contributed by atoms with E-state index in [9.17, 15) is 14.7 Å². The maximum Gasteiger partial charge on any atom is 0.315 e. The summed E-state index contributed by atoms with van der Waals surface area (Å²) in [4.78, 5) is 24.2. The number of phenols is 1. The lowest BCUT2D eigenvalue weighted by Crippen LogP contribution is -2.19. The number of nitrogens with one attached hydrogen (secondary N) is 1. The van der Waals surface area contributed by atoms with Crippen molar-refractivity contribution in [2.24, 2.45) is 0 Å². The van der Waals surface area contributed by atoms with Crippen LogP contribution in [0.3, 0.4) is 0 Å². The Hall–Kier alpha value is -4.00. The van der Waals surface area contributed by atoms with E-state index in [-0.39, 0.29) is 18.8 Å². The van der Waals surface area contributed by atoms with Gasteiger partial charge in [0.05, 0.1) is 13.2 Å². The smallest absolute Gasteiger partial charge is 0.315 e. The molecule has 2 N–H and O–H groups in total. The van der Waals surface area contributed by atoms with Gasteiger partial charge in [-0.1, -0.05) is 37.3 Å². The maximum atomic E-state index is 12.5. The number of hydrogen-bond donors (Lipinski definition) is 2. The summed E-state index contributed by atoms with van der Waals surface area (Å²) >= 11 is 0. The van der Waals surface area contributed by atoms with Crippen molar-refractivity contribution in [1.29, 1.82) is 0 Å². The fourth-order valence-electron chi connectivity index (χ4n) is 4.89. The Morgan fingerprint density at radius 1 is 1.00 bits per heavy atom. The molecule has 1 aliphatic carbocycles. The van der Waals surface area contributed by atoms with Gasteiger partial charge >= 0.3 is 5.97 Å². The monoisotopic (exact) mass is 517 g/mol. The molecule has 3 aromatic carbocycles. The molecule has 0 spiro atoms. The Labute approximate surface area is 223 Å². The highest BCUT2D eigenvalue weighted by atomic mass is 16.5. The molecule has 0 aromatic heterocycles. The van der Waals surface area contributed by atoms with Gasteiger partial charge in [0.15, 0.2) is 11.5 Å². The van der Waals surface area contributed by atoms with E-state index in [0.717, 1.165) is 48.1 Å². The van der Waals surface area contributed by atoms with Crippen molar-refractivity contribution < 1.29 is 28.9 Å². The fourth-order valence-corrected chi connectivity index (χ4v) is 4.89. The summed E-state index contributed by atoms with van der Waals surface area (Å²) in [6.45, 7) is 6.30. The first-order valence-corrected chi connectivity index (χ1v) is 13.2. The van der Waals surface area contributed by atoms with Gasteiger partial charge in [-0.25, -0.2) is 0 Å². The predicted molar refractivity (Wildman–Crippen MR) is 146 cm³/mol. The molecule has 0 aliphatic heterocycles. The highest BCUT2D eigenvalue weighted by Crippen LogP contribution is 2.45. The Morgan fingerprint density at radius 3 is 2.50 bits per heavy atom. The van der Waals surface area contributed by atoms with Crippen molar-refractivity contribution in [1.82, 2.24) is 0 Å². The molecule has 3 aromatic rings. The molecule has 0 atom stereocenters. The molecule has 7 heteroatoms. The molecule has 38 heavy (non-hydrogen) atoms. The number of aromatic hydroxyl groups is 1. The lowest BCUT2D eigenvalue weighted by molar-refractivity contribution is -0.145. The lowest BCUT2D eigenvalue weighted by Gasteiger charge is -2.21. The van der Waals surface area contributed by atoms with E-state index in [2.05, 4.69) is 17.4 Å². The maximum absolute atomic E-state index is 12.5. The molecule has 0 unspecified atom stereocenters. The Kier molecular flexibility index (Phi) is 8.89. The van der Waals surface area contributed by atoms with Crippen molar-refractivity contribution in [2.75, 3.05) is 18.5 Å². The third kappa shape index (κ3) is 6.28. The number of carbonyl (C=O) groups is 2. The van der Waals surface area contributed by atoms with Crippen LogP contribution >= 0.6 is 0 Å². The van der Waals surface area contributed by atoms with Crippen LogP contribution in [0.15, 0.2) is 48.5 Å². The number of benzene rings is 3. The number of fused-ring (bicyclic) bond motifs is 1. The molecule has 0 saturated carbocycles. The largest absolute Gasteiger partial charge is 0.508 e.